The molecule has 0 aromatic heterocycles. The maximum atomic E-state index is 13.4. The van der Waals surface area contributed by atoms with Gasteiger partial charge in [0.25, 0.3) is 0 Å². The fourth-order valence-electron chi connectivity index (χ4n) is 5.40. The van der Waals surface area contributed by atoms with Crippen LogP contribution in [0.3, 0.4) is 0 Å². The highest BCUT2D eigenvalue weighted by atomic mass is 32.2. The van der Waals surface area contributed by atoms with Gasteiger partial charge in [-0.15, -0.1) is 0 Å². The molecule has 1 aliphatic heterocycles. The van der Waals surface area contributed by atoms with Crippen LogP contribution in [0.4, 0.5) is 0 Å². The summed E-state index contributed by atoms with van der Waals surface area (Å²) >= 11 is 0. The topological polar surface area (TPSA) is 58.6 Å². The summed E-state index contributed by atoms with van der Waals surface area (Å²) in [6, 6.07) is 15.2. The normalized spacial score (nSPS) is 23.6. The summed E-state index contributed by atoms with van der Waals surface area (Å²) in [5, 5.41) is 0. The van der Waals surface area contributed by atoms with E-state index in [2.05, 4.69) is 9.62 Å². The molecule has 4 rings (SSSR count). The minimum Gasteiger partial charge on any atom is -0.497 e. The zero-order valence-corrected chi connectivity index (χ0v) is 20.1. The van der Waals surface area contributed by atoms with Gasteiger partial charge in [0.2, 0.25) is 10.0 Å². The van der Waals surface area contributed by atoms with Gasteiger partial charge in [0.05, 0.1) is 18.0 Å². The van der Waals surface area contributed by atoms with Crippen LogP contribution in [0.25, 0.3) is 0 Å². The Morgan fingerprint density at radius 1 is 0.906 bits per heavy atom. The molecule has 6 heteroatoms. The Bertz CT molecular complexity index is 967. The third-order valence-electron chi connectivity index (χ3n) is 7.16. The van der Waals surface area contributed by atoms with Crippen molar-refractivity contribution in [1.29, 1.82) is 0 Å². The lowest BCUT2D eigenvalue weighted by Gasteiger charge is -2.45. The number of likely N-dealkylation sites (tertiary alicyclic amines) is 1. The summed E-state index contributed by atoms with van der Waals surface area (Å²) in [5.74, 6) is 1.03. The van der Waals surface area contributed by atoms with Crippen LogP contribution in [0.5, 0.6) is 5.75 Å². The minimum atomic E-state index is -3.64. The van der Waals surface area contributed by atoms with Crippen molar-refractivity contribution in [3.8, 4) is 5.75 Å². The summed E-state index contributed by atoms with van der Waals surface area (Å²) in [6.45, 7) is 4.22. The van der Waals surface area contributed by atoms with Crippen LogP contribution >= 0.6 is 0 Å². The van der Waals surface area contributed by atoms with Crippen LogP contribution in [-0.2, 0) is 10.0 Å². The molecule has 1 N–H and O–H groups in total. The number of hydrogen-bond donors (Lipinski definition) is 1. The van der Waals surface area contributed by atoms with Crippen molar-refractivity contribution in [3.05, 3.63) is 59.7 Å². The fourth-order valence-corrected chi connectivity index (χ4v) is 6.67. The number of aryl methyl sites for hydroxylation is 1. The molecule has 0 unspecified atom stereocenters. The molecule has 1 saturated carbocycles. The Balaban J connectivity index is 1.68. The number of ether oxygens (including phenoxy) is 1. The first-order valence-electron chi connectivity index (χ1n) is 11.9. The van der Waals surface area contributed by atoms with Gasteiger partial charge in [0.15, 0.2) is 0 Å². The molecule has 2 fully saturated rings. The van der Waals surface area contributed by atoms with Gasteiger partial charge in [-0.2, -0.15) is 0 Å². The van der Waals surface area contributed by atoms with E-state index >= 15 is 0 Å². The maximum absolute atomic E-state index is 13.4. The highest BCUT2D eigenvalue weighted by molar-refractivity contribution is 7.89. The van der Waals surface area contributed by atoms with Gasteiger partial charge < -0.3 is 9.64 Å². The lowest BCUT2D eigenvalue weighted by atomic mass is 9.76. The number of piperidine rings is 1. The smallest absolute Gasteiger partial charge is 0.241 e. The summed E-state index contributed by atoms with van der Waals surface area (Å²) < 4.78 is 35.3. The number of hydrogen-bond acceptors (Lipinski definition) is 4. The third-order valence-corrected chi connectivity index (χ3v) is 8.61. The highest BCUT2D eigenvalue weighted by Gasteiger charge is 2.38. The molecule has 0 bridgehead atoms. The monoisotopic (exact) mass is 456 g/mol. The molecule has 0 spiro atoms. The van der Waals surface area contributed by atoms with E-state index < -0.39 is 10.0 Å². The van der Waals surface area contributed by atoms with Crippen LogP contribution < -0.4 is 9.46 Å². The van der Waals surface area contributed by atoms with Crippen molar-refractivity contribution in [2.24, 2.45) is 5.92 Å². The zero-order valence-electron chi connectivity index (χ0n) is 19.3. The van der Waals surface area contributed by atoms with E-state index in [1.165, 1.54) is 25.7 Å². The Labute approximate surface area is 193 Å². The van der Waals surface area contributed by atoms with Crippen molar-refractivity contribution < 1.29 is 13.2 Å². The van der Waals surface area contributed by atoms with Gasteiger partial charge in [-0.1, -0.05) is 49.1 Å². The van der Waals surface area contributed by atoms with Crippen molar-refractivity contribution in [2.45, 2.75) is 68.8 Å². The van der Waals surface area contributed by atoms with Crippen LogP contribution in [0.1, 0.15) is 62.1 Å². The molecule has 1 aliphatic carbocycles. The minimum absolute atomic E-state index is 0.246. The van der Waals surface area contributed by atoms with Crippen molar-refractivity contribution >= 4 is 10.0 Å². The summed E-state index contributed by atoms with van der Waals surface area (Å²) in [7, 11) is -1.99. The van der Waals surface area contributed by atoms with Crippen molar-refractivity contribution in [3.63, 3.8) is 0 Å². The molecular weight excluding hydrogens is 420 g/mol. The first-order chi connectivity index (χ1) is 15.5. The average molecular weight is 457 g/mol. The Morgan fingerprint density at radius 2 is 1.56 bits per heavy atom. The first-order valence-corrected chi connectivity index (χ1v) is 13.4. The van der Waals surface area contributed by atoms with Gasteiger partial charge in [-0.25, -0.2) is 13.1 Å². The number of nitrogens with zero attached hydrogens (tertiary/aromatic N) is 1. The highest BCUT2D eigenvalue weighted by Crippen LogP contribution is 2.39. The molecule has 3 atom stereocenters. The van der Waals surface area contributed by atoms with E-state index in [1.807, 2.05) is 43.3 Å². The van der Waals surface area contributed by atoms with E-state index in [-0.39, 0.29) is 12.0 Å². The molecule has 2 aliphatic rings. The van der Waals surface area contributed by atoms with Crippen LogP contribution in [0.15, 0.2) is 53.4 Å². The fraction of sp³-hybridized carbons (Fsp3) is 0.538. The molecule has 5 nitrogen and oxygen atoms in total. The number of methoxy groups -OCH3 is 1. The lowest BCUT2D eigenvalue weighted by Crippen LogP contribution is -2.49. The molecule has 1 saturated heterocycles. The average Bonchev–Trinajstić information content (AvgIpc) is 2.83. The summed E-state index contributed by atoms with van der Waals surface area (Å²) in [4.78, 5) is 2.95. The second-order valence-electron chi connectivity index (χ2n) is 9.30. The molecular formula is C26H36N2O3S. The quantitative estimate of drug-likeness (QED) is 0.632. The molecule has 2 aromatic carbocycles. The van der Waals surface area contributed by atoms with E-state index in [0.717, 1.165) is 49.2 Å². The van der Waals surface area contributed by atoms with E-state index in [4.69, 9.17) is 4.74 Å². The summed E-state index contributed by atoms with van der Waals surface area (Å²) in [6.07, 6.45) is 8.33. The summed E-state index contributed by atoms with van der Waals surface area (Å²) in [5.41, 5.74) is 2.06. The third kappa shape index (κ3) is 5.36. The van der Waals surface area contributed by atoms with Gasteiger partial charge in [-0.3, -0.25) is 0 Å². The molecule has 2 aromatic rings. The second-order valence-corrected chi connectivity index (χ2v) is 11.0. The molecule has 1 heterocycles. The Kier molecular flexibility index (Phi) is 7.54. The van der Waals surface area contributed by atoms with Gasteiger partial charge >= 0.3 is 0 Å². The van der Waals surface area contributed by atoms with E-state index in [0.29, 0.717) is 10.9 Å². The van der Waals surface area contributed by atoms with Crippen LogP contribution in [-0.4, -0.2) is 39.6 Å². The number of rotatable bonds is 7. The van der Waals surface area contributed by atoms with Gasteiger partial charge in [0.1, 0.15) is 5.75 Å². The second kappa shape index (κ2) is 10.4. The first kappa shape index (κ1) is 23.3. The molecule has 0 amide bonds. The molecule has 0 radical (unpaired) electrons. The SMILES string of the molecule is COc1ccc([C@H](NS(=O)(=O)c2ccc(C)cc2)[C@@H]2CCCC[C@H]2N2CCCCC2)cc1. The van der Waals surface area contributed by atoms with E-state index in [1.54, 1.807) is 19.2 Å². The molecule has 174 valence electrons. The van der Waals surface area contributed by atoms with Crippen LogP contribution in [0.2, 0.25) is 0 Å². The van der Waals surface area contributed by atoms with Gasteiger partial charge in [-0.05, 0) is 81.4 Å². The van der Waals surface area contributed by atoms with E-state index in [9.17, 15) is 8.42 Å². The zero-order chi connectivity index (χ0) is 22.6. The van der Waals surface area contributed by atoms with Gasteiger partial charge in [0, 0.05) is 6.04 Å². The lowest BCUT2D eigenvalue weighted by molar-refractivity contribution is 0.0695. The largest absolute Gasteiger partial charge is 0.497 e. The predicted octanol–water partition coefficient (Wildman–Crippen LogP) is 5.07. The van der Waals surface area contributed by atoms with Crippen LogP contribution in [0, 0.1) is 12.8 Å². The number of benzene rings is 2. The number of sulfonamides is 1. The van der Waals surface area contributed by atoms with Crippen molar-refractivity contribution in [1.82, 2.24) is 9.62 Å². The molecule has 32 heavy (non-hydrogen) atoms. The van der Waals surface area contributed by atoms with Crippen molar-refractivity contribution in [2.75, 3.05) is 20.2 Å². The standard InChI is InChI=1S/C26H36N2O3S/c1-20-10-16-23(17-11-20)32(29,30)27-26(21-12-14-22(31-2)15-13-21)24-8-4-5-9-25(24)28-18-6-3-7-19-28/h10-17,24-27H,3-9,18-19H2,1-2H3/t24-,25-,26+/m1/s1. The maximum Gasteiger partial charge on any atom is 0.241 e. The number of nitrogens with one attached hydrogen (secondary N) is 1. The predicted molar refractivity (Wildman–Crippen MR) is 128 cm³/mol. The Morgan fingerprint density at radius 3 is 2.22 bits per heavy atom. The Hall–Kier alpha value is -1.89.